The van der Waals surface area contributed by atoms with Crippen LogP contribution in [0, 0.1) is 11.3 Å². The lowest BCUT2D eigenvalue weighted by Crippen LogP contribution is -2.58. The van der Waals surface area contributed by atoms with Gasteiger partial charge in [0.15, 0.2) is 0 Å². The molecule has 4 atom stereocenters. The van der Waals surface area contributed by atoms with E-state index in [0.29, 0.717) is 5.92 Å². The zero-order chi connectivity index (χ0) is 11.6. The van der Waals surface area contributed by atoms with Gasteiger partial charge in [0, 0.05) is 0 Å². The molecule has 3 rings (SSSR count). The first-order valence-corrected chi connectivity index (χ1v) is 6.78. The van der Waals surface area contributed by atoms with Gasteiger partial charge in [-0.1, -0.05) is 13.3 Å². The van der Waals surface area contributed by atoms with Gasteiger partial charge in [-0.2, -0.15) is 0 Å². The minimum absolute atomic E-state index is 0.0317. The van der Waals surface area contributed by atoms with E-state index in [2.05, 4.69) is 20.8 Å². The quantitative estimate of drug-likeness (QED) is 0.685. The fourth-order valence-corrected chi connectivity index (χ4v) is 4.59. The second-order valence-electron chi connectivity index (χ2n) is 7.00. The molecule has 3 fully saturated rings. The van der Waals surface area contributed by atoms with Gasteiger partial charge in [-0.15, -0.1) is 0 Å². The van der Waals surface area contributed by atoms with Crippen molar-refractivity contribution in [2.75, 3.05) is 0 Å². The van der Waals surface area contributed by atoms with E-state index in [1.54, 1.807) is 0 Å². The summed E-state index contributed by atoms with van der Waals surface area (Å²) in [6, 6.07) is 0. The van der Waals surface area contributed by atoms with Crippen LogP contribution in [0.25, 0.3) is 0 Å². The first-order valence-electron chi connectivity index (χ1n) is 6.78. The Balaban J connectivity index is 2.04. The van der Waals surface area contributed by atoms with E-state index in [0.717, 1.165) is 19.3 Å². The van der Waals surface area contributed by atoms with Crippen molar-refractivity contribution >= 4 is 0 Å². The standard InChI is InChI=1S/C14H24O2/c1-12(2)10-6-8-13(3)7-4-5-11(15)14(13,9-10)16-12/h10-11,15H,4-9H2,1-3H3/t10-,11+,13+,14+/m1/s1. The van der Waals surface area contributed by atoms with E-state index in [1.165, 1.54) is 19.3 Å². The summed E-state index contributed by atoms with van der Waals surface area (Å²) in [5.41, 5.74) is -0.0390. The molecule has 1 saturated heterocycles. The summed E-state index contributed by atoms with van der Waals surface area (Å²) in [4.78, 5) is 0. The molecule has 2 saturated carbocycles. The Kier molecular flexibility index (Phi) is 2.09. The summed E-state index contributed by atoms with van der Waals surface area (Å²) in [6.07, 6.45) is 6.67. The van der Waals surface area contributed by atoms with Crippen molar-refractivity contribution in [3.63, 3.8) is 0 Å². The van der Waals surface area contributed by atoms with Crippen LogP contribution in [0.2, 0.25) is 0 Å². The highest BCUT2D eigenvalue weighted by atomic mass is 16.5. The molecule has 0 aromatic rings. The Labute approximate surface area is 98.4 Å². The maximum atomic E-state index is 10.5. The highest BCUT2D eigenvalue weighted by Gasteiger charge is 2.66. The van der Waals surface area contributed by atoms with E-state index in [-0.39, 0.29) is 22.7 Å². The average Bonchev–Trinajstić information content (AvgIpc) is 2.42. The molecule has 0 aromatic carbocycles. The van der Waals surface area contributed by atoms with Crippen LogP contribution >= 0.6 is 0 Å². The van der Waals surface area contributed by atoms with Crippen molar-refractivity contribution in [1.82, 2.24) is 0 Å². The highest BCUT2D eigenvalue weighted by molar-refractivity contribution is 5.15. The van der Waals surface area contributed by atoms with Crippen molar-refractivity contribution in [1.29, 1.82) is 0 Å². The fourth-order valence-electron chi connectivity index (χ4n) is 4.59. The topological polar surface area (TPSA) is 29.5 Å². The molecule has 1 heterocycles. The lowest BCUT2D eigenvalue weighted by atomic mass is 9.55. The molecule has 1 N–H and O–H groups in total. The maximum absolute atomic E-state index is 10.5. The van der Waals surface area contributed by atoms with E-state index in [1.807, 2.05) is 0 Å². The van der Waals surface area contributed by atoms with Gasteiger partial charge < -0.3 is 9.84 Å². The minimum Gasteiger partial charge on any atom is -0.390 e. The zero-order valence-electron chi connectivity index (χ0n) is 10.8. The van der Waals surface area contributed by atoms with Crippen molar-refractivity contribution in [3.8, 4) is 0 Å². The van der Waals surface area contributed by atoms with Crippen LogP contribution < -0.4 is 0 Å². The Hall–Kier alpha value is -0.0800. The molecule has 2 heteroatoms. The third-order valence-corrected chi connectivity index (χ3v) is 5.79. The maximum Gasteiger partial charge on any atom is 0.100 e. The van der Waals surface area contributed by atoms with Gasteiger partial charge in [0.1, 0.15) is 5.60 Å². The van der Waals surface area contributed by atoms with E-state index < -0.39 is 0 Å². The number of ether oxygens (including phenoxy) is 1. The number of aliphatic hydroxyl groups is 1. The summed E-state index contributed by atoms with van der Waals surface area (Å²) in [7, 11) is 0. The molecule has 1 spiro atoms. The monoisotopic (exact) mass is 224 g/mol. The number of rotatable bonds is 0. The Morgan fingerprint density at radius 2 is 1.88 bits per heavy atom. The SMILES string of the molecule is CC1(C)O[C@]23C[C@H]1CC[C@]2(C)CCC[C@@H]3O. The lowest BCUT2D eigenvalue weighted by Gasteiger charge is -2.54. The van der Waals surface area contributed by atoms with Crippen molar-refractivity contribution in [2.45, 2.75) is 76.6 Å². The van der Waals surface area contributed by atoms with Gasteiger partial charge in [0.25, 0.3) is 0 Å². The summed E-state index contributed by atoms with van der Waals surface area (Å²) in [5.74, 6) is 0.647. The fraction of sp³-hybridized carbons (Fsp3) is 1.00. The van der Waals surface area contributed by atoms with Crippen LogP contribution in [0.15, 0.2) is 0 Å². The largest absolute Gasteiger partial charge is 0.390 e. The molecule has 2 bridgehead atoms. The highest BCUT2D eigenvalue weighted by Crippen LogP contribution is 2.63. The van der Waals surface area contributed by atoms with E-state index in [9.17, 15) is 5.11 Å². The van der Waals surface area contributed by atoms with Crippen LogP contribution in [-0.4, -0.2) is 22.4 Å². The van der Waals surface area contributed by atoms with E-state index >= 15 is 0 Å². The van der Waals surface area contributed by atoms with Gasteiger partial charge >= 0.3 is 0 Å². The summed E-state index contributed by atoms with van der Waals surface area (Å²) in [6.45, 7) is 6.76. The molecule has 2 nitrogen and oxygen atoms in total. The smallest absolute Gasteiger partial charge is 0.100 e. The third kappa shape index (κ3) is 1.15. The van der Waals surface area contributed by atoms with E-state index in [4.69, 9.17) is 4.74 Å². The number of fused-ring (bicyclic) bond motifs is 1. The van der Waals surface area contributed by atoms with Crippen LogP contribution in [0.4, 0.5) is 0 Å². The molecule has 0 unspecified atom stereocenters. The Morgan fingerprint density at radius 3 is 2.62 bits per heavy atom. The van der Waals surface area contributed by atoms with Crippen molar-refractivity contribution < 1.29 is 9.84 Å². The molecule has 2 aliphatic carbocycles. The second-order valence-corrected chi connectivity index (χ2v) is 7.00. The normalized spacial score (nSPS) is 54.8. The second kappa shape index (κ2) is 3.02. The summed E-state index contributed by atoms with van der Waals surface area (Å²) >= 11 is 0. The van der Waals surface area contributed by atoms with Crippen LogP contribution in [0.3, 0.4) is 0 Å². The molecule has 0 aromatic heterocycles. The van der Waals surface area contributed by atoms with Crippen LogP contribution in [0.5, 0.6) is 0 Å². The molecule has 0 amide bonds. The molecule has 3 aliphatic rings. The summed E-state index contributed by atoms with van der Waals surface area (Å²) in [5, 5.41) is 10.5. The molecule has 16 heavy (non-hydrogen) atoms. The molecule has 1 aliphatic heterocycles. The molecule has 0 radical (unpaired) electrons. The number of aliphatic hydroxyl groups excluding tert-OH is 1. The third-order valence-electron chi connectivity index (χ3n) is 5.79. The minimum atomic E-state index is -0.240. The first-order chi connectivity index (χ1) is 7.40. The first kappa shape index (κ1) is 11.0. The van der Waals surface area contributed by atoms with Gasteiger partial charge in [-0.3, -0.25) is 0 Å². The number of hydrogen-bond donors (Lipinski definition) is 1. The molecular formula is C14H24O2. The number of hydrogen-bond acceptors (Lipinski definition) is 2. The van der Waals surface area contributed by atoms with Crippen molar-refractivity contribution in [2.24, 2.45) is 11.3 Å². The predicted octanol–water partition coefficient (Wildman–Crippen LogP) is 2.89. The van der Waals surface area contributed by atoms with Crippen molar-refractivity contribution in [3.05, 3.63) is 0 Å². The lowest BCUT2D eigenvalue weighted by molar-refractivity contribution is -0.218. The van der Waals surface area contributed by atoms with Gasteiger partial charge in [-0.05, 0) is 57.3 Å². The zero-order valence-corrected chi connectivity index (χ0v) is 10.8. The predicted molar refractivity (Wildman–Crippen MR) is 63.2 cm³/mol. The Bertz CT molecular complexity index is 312. The van der Waals surface area contributed by atoms with Gasteiger partial charge in [0.05, 0.1) is 11.7 Å². The average molecular weight is 224 g/mol. The summed E-state index contributed by atoms with van der Waals surface area (Å²) < 4.78 is 6.43. The molecule has 92 valence electrons. The molecular weight excluding hydrogens is 200 g/mol. The Morgan fingerprint density at radius 1 is 1.12 bits per heavy atom. The van der Waals surface area contributed by atoms with Gasteiger partial charge in [-0.25, -0.2) is 0 Å². The van der Waals surface area contributed by atoms with Crippen LogP contribution in [-0.2, 0) is 4.74 Å². The van der Waals surface area contributed by atoms with Crippen LogP contribution in [0.1, 0.15) is 59.3 Å². The van der Waals surface area contributed by atoms with Gasteiger partial charge in [0.2, 0.25) is 0 Å².